The molecular formula is C20H26N4O2S. The first-order chi connectivity index (χ1) is 13.1. The van der Waals surface area contributed by atoms with Gasteiger partial charge in [-0.25, -0.2) is 9.78 Å². The van der Waals surface area contributed by atoms with Crippen molar-refractivity contribution < 1.29 is 9.59 Å². The fraction of sp³-hybridized carbons (Fsp3) is 0.600. The molecule has 7 heteroatoms. The number of thioether (sulfide) groups is 1. The Morgan fingerprint density at radius 3 is 2.70 bits per heavy atom. The molecule has 1 saturated carbocycles. The lowest BCUT2D eigenvalue weighted by Crippen LogP contribution is -2.47. The normalized spacial score (nSPS) is 18.1. The summed E-state index contributed by atoms with van der Waals surface area (Å²) in [6, 6.07) is 3.82. The number of rotatable bonds is 4. The lowest BCUT2D eigenvalue weighted by Gasteiger charge is -2.23. The number of hydrogen-bond acceptors (Lipinski definition) is 5. The van der Waals surface area contributed by atoms with E-state index in [2.05, 4.69) is 21.7 Å². The molecule has 1 aromatic heterocycles. The van der Waals surface area contributed by atoms with E-state index in [-0.39, 0.29) is 11.9 Å². The smallest absolute Gasteiger partial charge is 0.321 e. The maximum absolute atomic E-state index is 12.4. The van der Waals surface area contributed by atoms with Gasteiger partial charge >= 0.3 is 6.03 Å². The molecule has 3 rings (SSSR count). The third kappa shape index (κ3) is 5.23. The average Bonchev–Trinajstić information content (AvgIpc) is 2.68. The fourth-order valence-electron chi connectivity index (χ4n) is 3.69. The zero-order chi connectivity index (χ0) is 19.2. The first kappa shape index (κ1) is 19.7. The predicted octanol–water partition coefficient (Wildman–Crippen LogP) is 3.47. The van der Waals surface area contributed by atoms with Crippen molar-refractivity contribution in [1.82, 2.24) is 15.6 Å². The number of fused-ring (bicyclic) bond motifs is 1. The molecule has 27 heavy (non-hydrogen) atoms. The molecule has 1 atom stereocenters. The quantitative estimate of drug-likeness (QED) is 0.773. The second kappa shape index (κ2) is 9.23. The number of aryl methyl sites for hydroxylation is 2. The number of carbonyl (C=O) groups excluding carboxylic acids is 2. The Bertz CT molecular complexity index is 753. The van der Waals surface area contributed by atoms with Gasteiger partial charge in [0.15, 0.2) is 0 Å². The second-order valence-corrected chi connectivity index (χ2v) is 8.65. The predicted molar refractivity (Wildman–Crippen MR) is 104 cm³/mol. The number of urea groups is 1. The summed E-state index contributed by atoms with van der Waals surface area (Å²) in [6.45, 7) is 1.73. The summed E-state index contributed by atoms with van der Waals surface area (Å²) < 4.78 is 0. The number of nitrogens with zero attached hydrogens (tertiary/aromatic N) is 2. The van der Waals surface area contributed by atoms with Gasteiger partial charge in [0.1, 0.15) is 11.1 Å². The molecule has 2 N–H and O–H groups in total. The minimum Gasteiger partial charge on any atom is -0.335 e. The lowest BCUT2D eigenvalue weighted by atomic mass is 9.95. The summed E-state index contributed by atoms with van der Waals surface area (Å²) in [5.41, 5.74) is 2.68. The van der Waals surface area contributed by atoms with Crippen LogP contribution in [0.5, 0.6) is 0 Å². The Labute approximate surface area is 164 Å². The van der Waals surface area contributed by atoms with Crippen molar-refractivity contribution in [2.45, 2.75) is 81.0 Å². The van der Waals surface area contributed by atoms with Crippen LogP contribution >= 0.6 is 11.8 Å². The van der Waals surface area contributed by atoms with Crippen LogP contribution in [0.3, 0.4) is 0 Å². The summed E-state index contributed by atoms with van der Waals surface area (Å²) in [6.07, 6.45) is 9.49. The Hall–Kier alpha value is -2.07. The molecule has 0 aromatic carbocycles. The van der Waals surface area contributed by atoms with E-state index in [0.29, 0.717) is 10.6 Å². The average molecular weight is 387 g/mol. The summed E-state index contributed by atoms with van der Waals surface area (Å²) in [4.78, 5) is 29.1. The largest absolute Gasteiger partial charge is 0.335 e. The summed E-state index contributed by atoms with van der Waals surface area (Å²) in [5, 5.41) is 14.8. The Kier molecular flexibility index (Phi) is 6.73. The van der Waals surface area contributed by atoms with Crippen molar-refractivity contribution in [2.24, 2.45) is 0 Å². The van der Waals surface area contributed by atoms with Gasteiger partial charge in [-0.2, -0.15) is 5.26 Å². The van der Waals surface area contributed by atoms with Gasteiger partial charge in [-0.15, -0.1) is 0 Å². The van der Waals surface area contributed by atoms with Crippen molar-refractivity contribution in [2.75, 3.05) is 0 Å². The summed E-state index contributed by atoms with van der Waals surface area (Å²) in [5.74, 6) is -0.364. The molecular weight excluding hydrogens is 360 g/mol. The summed E-state index contributed by atoms with van der Waals surface area (Å²) >= 11 is 1.24. The SMILES string of the molecule is CC(Sc1nc2c(cc1C#N)CCCC2)C(=O)NC(=O)NC1CCCCC1. The number of nitrogens with one attached hydrogen (secondary N) is 2. The van der Waals surface area contributed by atoms with Gasteiger partial charge in [0, 0.05) is 11.7 Å². The van der Waals surface area contributed by atoms with E-state index in [1.165, 1.54) is 18.2 Å². The number of imide groups is 1. The number of pyridine rings is 1. The topological polar surface area (TPSA) is 94.9 Å². The monoisotopic (exact) mass is 386 g/mol. The maximum atomic E-state index is 12.4. The Morgan fingerprint density at radius 2 is 1.96 bits per heavy atom. The van der Waals surface area contributed by atoms with E-state index in [4.69, 9.17) is 0 Å². The van der Waals surface area contributed by atoms with Crippen molar-refractivity contribution in [3.63, 3.8) is 0 Å². The standard InChI is InChI=1S/C20H26N4O2S/c1-13(18(25)24-20(26)22-16-8-3-2-4-9-16)27-19-15(12-21)11-14-7-5-6-10-17(14)23-19/h11,13,16H,2-10H2,1H3,(H2,22,24,25,26). The van der Waals surface area contributed by atoms with Gasteiger partial charge < -0.3 is 5.32 Å². The van der Waals surface area contributed by atoms with Gasteiger partial charge in [0.25, 0.3) is 0 Å². The third-order valence-electron chi connectivity index (χ3n) is 5.22. The minimum atomic E-state index is -0.511. The molecule has 1 heterocycles. The van der Waals surface area contributed by atoms with Crippen LogP contribution in [-0.2, 0) is 17.6 Å². The highest BCUT2D eigenvalue weighted by molar-refractivity contribution is 8.00. The minimum absolute atomic E-state index is 0.155. The first-order valence-corrected chi connectivity index (χ1v) is 10.7. The van der Waals surface area contributed by atoms with Crippen LogP contribution in [0.2, 0.25) is 0 Å². The molecule has 1 fully saturated rings. The van der Waals surface area contributed by atoms with E-state index in [1.54, 1.807) is 6.92 Å². The second-order valence-electron chi connectivity index (χ2n) is 7.32. The van der Waals surface area contributed by atoms with Crippen molar-refractivity contribution in [3.8, 4) is 6.07 Å². The lowest BCUT2D eigenvalue weighted by molar-refractivity contribution is -0.119. The molecule has 0 saturated heterocycles. The molecule has 3 amide bonds. The molecule has 0 aliphatic heterocycles. The fourth-order valence-corrected chi connectivity index (χ4v) is 4.58. The molecule has 2 aliphatic rings. The summed E-state index contributed by atoms with van der Waals surface area (Å²) in [7, 11) is 0. The molecule has 0 bridgehead atoms. The molecule has 6 nitrogen and oxygen atoms in total. The number of amides is 3. The first-order valence-electron chi connectivity index (χ1n) is 9.77. The zero-order valence-corrected chi connectivity index (χ0v) is 16.5. The maximum Gasteiger partial charge on any atom is 0.321 e. The molecule has 144 valence electrons. The van der Waals surface area contributed by atoms with Crippen LogP contribution in [0.1, 0.15) is 68.7 Å². The highest BCUT2D eigenvalue weighted by Gasteiger charge is 2.23. The Balaban J connectivity index is 1.59. The van der Waals surface area contributed by atoms with Crippen LogP contribution < -0.4 is 10.6 Å². The third-order valence-corrected chi connectivity index (χ3v) is 6.32. The van der Waals surface area contributed by atoms with Crippen molar-refractivity contribution in [1.29, 1.82) is 5.26 Å². The number of hydrogen-bond donors (Lipinski definition) is 2. The number of aromatic nitrogens is 1. The van der Waals surface area contributed by atoms with Crippen LogP contribution in [0, 0.1) is 11.3 Å². The van der Waals surface area contributed by atoms with E-state index < -0.39 is 11.3 Å². The molecule has 0 spiro atoms. The highest BCUT2D eigenvalue weighted by Crippen LogP contribution is 2.29. The van der Waals surface area contributed by atoms with E-state index in [9.17, 15) is 14.9 Å². The highest BCUT2D eigenvalue weighted by atomic mass is 32.2. The van der Waals surface area contributed by atoms with Gasteiger partial charge in [0.05, 0.1) is 10.8 Å². The van der Waals surface area contributed by atoms with Crippen LogP contribution in [0.4, 0.5) is 4.79 Å². The van der Waals surface area contributed by atoms with Crippen LogP contribution in [0.25, 0.3) is 0 Å². The van der Waals surface area contributed by atoms with Gasteiger partial charge in [-0.3, -0.25) is 10.1 Å². The number of carbonyl (C=O) groups is 2. The van der Waals surface area contributed by atoms with E-state index in [0.717, 1.165) is 62.6 Å². The van der Waals surface area contributed by atoms with Crippen molar-refractivity contribution >= 4 is 23.7 Å². The van der Waals surface area contributed by atoms with Crippen molar-refractivity contribution in [3.05, 3.63) is 22.9 Å². The van der Waals surface area contributed by atoms with Crippen LogP contribution in [0.15, 0.2) is 11.1 Å². The van der Waals surface area contributed by atoms with Crippen LogP contribution in [-0.4, -0.2) is 28.2 Å². The van der Waals surface area contributed by atoms with Gasteiger partial charge in [0.2, 0.25) is 5.91 Å². The van der Waals surface area contributed by atoms with Gasteiger partial charge in [-0.1, -0.05) is 31.0 Å². The molecule has 0 radical (unpaired) electrons. The van der Waals surface area contributed by atoms with E-state index in [1.807, 2.05) is 6.07 Å². The molecule has 2 aliphatic carbocycles. The number of nitriles is 1. The van der Waals surface area contributed by atoms with Gasteiger partial charge in [-0.05, 0) is 57.1 Å². The van der Waals surface area contributed by atoms with E-state index >= 15 is 0 Å². The Morgan fingerprint density at radius 1 is 1.22 bits per heavy atom. The zero-order valence-electron chi connectivity index (χ0n) is 15.7. The molecule has 1 unspecified atom stereocenters. The molecule has 1 aromatic rings.